The van der Waals surface area contributed by atoms with E-state index in [0.717, 1.165) is 6.07 Å². The molecular weight excluding hydrogens is 409 g/mol. The van der Waals surface area contributed by atoms with Gasteiger partial charge in [0, 0.05) is 9.61 Å². The Morgan fingerprint density at radius 2 is 2.00 bits per heavy atom. The molecule has 0 aliphatic rings. The van der Waals surface area contributed by atoms with Crippen molar-refractivity contribution in [3.05, 3.63) is 27.3 Å². The van der Waals surface area contributed by atoms with Gasteiger partial charge in [0.15, 0.2) is 0 Å². The van der Waals surface area contributed by atoms with Gasteiger partial charge in [-0.05, 0) is 53.1 Å². The Labute approximate surface area is 137 Å². The number of aliphatic hydroxyl groups is 1. The molecule has 0 amide bonds. The summed E-state index contributed by atoms with van der Waals surface area (Å²) >= 11 is 1.83. The van der Waals surface area contributed by atoms with Crippen LogP contribution in [0.1, 0.15) is 30.6 Å². The van der Waals surface area contributed by atoms with E-state index >= 15 is 0 Å². The summed E-state index contributed by atoms with van der Waals surface area (Å²) in [5.41, 5.74) is -0.0668. The minimum Gasteiger partial charge on any atom is -0.478 e. The molecule has 1 unspecified atom stereocenters. The Morgan fingerprint density at radius 3 is 2.48 bits per heavy atom. The van der Waals surface area contributed by atoms with Gasteiger partial charge in [-0.25, -0.2) is 17.9 Å². The van der Waals surface area contributed by atoms with Gasteiger partial charge in [-0.3, -0.25) is 0 Å². The molecule has 0 aliphatic carbocycles. The number of carbonyl (C=O) groups is 1. The summed E-state index contributed by atoms with van der Waals surface area (Å²) in [4.78, 5) is 10.9. The number of carboxylic acids is 1. The van der Waals surface area contributed by atoms with Gasteiger partial charge in [-0.1, -0.05) is 13.8 Å². The van der Waals surface area contributed by atoms with Crippen LogP contribution >= 0.6 is 22.6 Å². The van der Waals surface area contributed by atoms with Crippen molar-refractivity contribution in [3.8, 4) is 0 Å². The molecule has 6 nitrogen and oxygen atoms in total. The maximum Gasteiger partial charge on any atom is 0.336 e. The predicted molar refractivity (Wildman–Crippen MR) is 86.8 cm³/mol. The zero-order chi connectivity index (χ0) is 16.2. The van der Waals surface area contributed by atoms with Crippen molar-refractivity contribution in [2.45, 2.75) is 31.2 Å². The summed E-state index contributed by atoms with van der Waals surface area (Å²) in [5.74, 6) is -0.964. The molecule has 8 heteroatoms. The predicted octanol–water partition coefficient (Wildman–Crippen LogP) is 1.67. The third-order valence-electron chi connectivity index (χ3n) is 2.78. The van der Waals surface area contributed by atoms with Gasteiger partial charge in [-0.15, -0.1) is 0 Å². The molecule has 0 heterocycles. The van der Waals surface area contributed by atoms with Crippen LogP contribution in [-0.2, 0) is 10.0 Å². The number of carboxylic acid groups (broad SMARTS) is 1. The number of benzene rings is 1. The number of sulfonamides is 1. The highest BCUT2D eigenvalue weighted by Gasteiger charge is 2.22. The summed E-state index contributed by atoms with van der Waals surface area (Å²) in [6.07, 6.45) is 0.492. The molecule has 1 rings (SSSR count). The van der Waals surface area contributed by atoms with Crippen LogP contribution < -0.4 is 4.72 Å². The van der Waals surface area contributed by atoms with E-state index in [0.29, 0.717) is 9.99 Å². The first kappa shape index (κ1) is 18.3. The van der Waals surface area contributed by atoms with E-state index in [1.165, 1.54) is 12.1 Å². The summed E-state index contributed by atoms with van der Waals surface area (Å²) in [6.45, 7) is 3.53. The highest BCUT2D eigenvalue weighted by atomic mass is 127. The van der Waals surface area contributed by atoms with Gasteiger partial charge in [0.1, 0.15) is 0 Å². The van der Waals surface area contributed by atoms with Crippen LogP contribution in [-0.4, -0.2) is 37.2 Å². The van der Waals surface area contributed by atoms with Crippen molar-refractivity contribution in [2.24, 2.45) is 5.92 Å². The number of aliphatic hydroxyl groups excluding tert-OH is 1. The number of nitrogens with one attached hydrogen (secondary N) is 1. The van der Waals surface area contributed by atoms with Gasteiger partial charge >= 0.3 is 5.97 Å². The molecule has 0 spiro atoms. The third kappa shape index (κ3) is 5.20. The molecule has 1 aromatic rings. The smallest absolute Gasteiger partial charge is 0.336 e. The Bertz CT molecular complexity index is 615. The molecule has 3 N–H and O–H groups in total. The molecule has 21 heavy (non-hydrogen) atoms. The van der Waals surface area contributed by atoms with Gasteiger partial charge in [0.2, 0.25) is 10.0 Å². The van der Waals surface area contributed by atoms with E-state index in [4.69, 9.17) is 5.11 Å². The lowest BCUT2D eigenvalue weighted by Crippen LogP contribution is -2.38. The number of halogens is 1. The number of rotatable bonds is 7. The summed E-state index contributed by atoms with van der Waals surface area (Å²) in [6, 6.07) is 3.31. The van der Waals surface area contributed by atoms with Gasteiger partial charge in [-0.2, -0.15) is 0 Å². The minimum absolute atomic E-state index is 0.0668. The largest absolute Gasteiger partial charge is 0.478 e. The van der Waals surface area contributed by atoms with Crippen LogP contribution in [0.15, 0.2) is 23.1 Å². The molecule has 0 fully saturated rings. The zero-order valence-corrected chi connectivity index (χ0v) is 14.7. The summed E-state index contributed by atoms with van der Waals surface area (Å²) < 4.78 is 27.4. The zero-order valence-electron chi connectivity index (χ0n) is 11.7. The lowest BCUT2D eigenvalue weighted by Gasteiger charge is -2.18. The first-order valence-corrected chi connectivity index (χ1v) is 8.89. The van der Waals surface area contributed by atoms with Crippen LogP contribution in [0.5, 0.6) is 0 Å². The molecule has 0 bridgehead atoms. The molecule has 1 aromatic carbocycles. The minimum atomic E-state index is -3.87. The van der Waals surface area contributed by atoms with Gasteiger partial charge in [0.25, 0.3) is 0 Å². The quantitative estimate of drug-likeness (QED) is 0.575. The molecule has 0 saturated heterocycles. The second kappa shape index (κ2) is 7.52. The first-order valence-electron chi connectivity index (χ1n) is 6.33. The van der Waals surface area contributed by atoms with Crippen LogP contribution in [0.2, 0.25) is 0 Å². The van der Waals surface area contributed by atoms with Crippen molar-refractivity contribution in [3.63, 3.8) is 0 Å². The number of hydrogen-bond acceptors (Lipinski definition) is 4. The molecular formula is C13H18INO5S. The van der Waals surface area contributed by atoms with E-state index in [9.17, 15) is 18.3 Å². The van der Waals surface area contributed by atoms with E-state index in [1.54, 1.807) is 0 Å². The molecule has 1 atom stereocenters. The standard InChI is InChI=1S/C13H18INO5S/c1-8(2)5-9(7-16)15-21(19,20)10-3-4-12(14)11(6-10)13(17)18/h3-4,6,8-9,15-16H,5,7H2,1-2H3,(H,17,18). The Morgan fingerprint density at radius 1 is 1.38 bits per heavy atom. The summed E-state index contributed by atoms with van der Waals surface area (Å²) in [5, 5.41) is 18.3. The second-order valence-corrected chi connectivity index (χ2v) is 7.95. The number of aromatic carboxylic acids is 1. The van der Waals surface area contributed by atoms with Crippen molar-refractivity contribution < 1.29 is 23.4 Å². The molecule has 0 aliphatic heterocycles. The Balaban J connectivity index is 3.07. The van der Waals surface area contributed by atoms with E-state index < -0.39 is 22.0 Å². The van der Waals surface area contributed by atoms with Crippen LogP contribution in [0.4, 0.5) is 0 Å². The van der Waals surface area contributed by atoms with E-state index in [2.05, 4.69) is 4.72 Å². The average Bonchev–Trinajstić information content (AvgIpc) is 2.36. The monoisotopic (exact) mass is 427 g/mol. The van der Waals surface area contributed by atoms with E-state index in [-0.39, 0.29) is 23.0 Å². The molecule has 0 radical (unpaired) electrons. The lowest BCUT2D eigenvalue weighted by molar-refractivity contribution is 0.0695. The van der Waals surface area contributed by atoms with Crippen LogP contribution in [0, 0.1) is 9.49 Å². The summed E-state index contributed by atoms with van der Waals surface area (Å²) in [7, 11) is -3.87. The normalized spacial score (nSPS) is 13.4. The van der Waals surface area contributed by atoms with Crippen molar-refractivity contribution in [1.29, 1.82) is 0 Å². The van der Waals surface area contributed by atoms with E-state index in [1.807, 2.05) is 36.4 Å². The Kier molecular flexibility index (Phi) is 6.57. The SMILES string of the molecule is CC(C)CC(CO)NS(=O)(=O)c1ccc(I)c(C(=O)O)c1. The van der Waals surface area contributed by atoms with Crippen LogP contribution in [0.25, 0.3) is 0 Å². The molecule has 0 aromatic heterocycles. The van der Waals surface area contributed by atoms with Crippen LogP contribution in [0.3, 0.4) is 0 Å². The third-order valence-corrected chi connectivity index (χ3v) is 5.24. The maximum atomic E-state index is 12.3. The van der Waals surface area contributed by atoms with Gasteiger partial charge in [0.05, 0.1) is 17.1 Å². The average molecular weight is 427 g/mol. The maximum absolute atomic E-state index is 12.3. The fourth-order valence-electron chi connectivity index (χ4n) is 1.85. The number of hydrogen-bond donors (Lipinski definition) is 3. The lowest BCUT2D eigenvalue weighted by atomic mass is 10.1. The van der Waals surface area contributed by atoms with Crippen molar-refractivity contribution >= 4 is 38.6 Å². The van der Waals surface area contributed by atoms with Gasteiger partial charge < -0.3 is 10.2 Å². The van der Waals surface area contributed by atoms with Crippen molar-refractivity contribution in [2.75, 3.05) is 6.61 Å². The topological polar surface area (TPSA) is 104 Å². The fourth-order valence-corrected chi connectivity index (χ4v) is 3.68. The molecule has 0 saturated carbocycles. The molecule has 118 valence electrons. The highest BCUT2D eigenvalue weighted by molar-refractivity contribution is 14.1. The second-order valence-electron chi connectivity index (χ2n) is 5.08. The highest BCUT2D eigenvalue weighted by Crippen LogP contribution is 2.19. The fraction of sp³-hybridized carbons (Fsp3) is 0.462. The Hall–Kier alpha value is -0.710. The van der Waals surface area contributed by atoms with Crippen molar-refractivity contribution in [1.82, 2.24) is 4.72 Å². The first-order chi connectivity index (χ1) is 9.67.